The van der Waals surface area contributed by atoms with E-state index in [9.17, 15) is 14.7 Å². The Kier molecular flexibility index (Phi) is 6.68. The van der Waals surface area contributed by atoms with Crippen molar-refractivity contribution < 1.29 is 19.4 Å². The van der Waals surface area contributed by atoms with Crippen LogP contribution in [-0.4, -0.2) is 58.1 Å². The number of nitrogens with zero attached hydrogens (tertiary/aromatic N) is 3. The van der Waals surface area contributed by atoms with Crippen LogP contribution < -0.4 is 10.3 Å². The molecule has 1 atom stereocenters. The Hall–Kier alpha value is -2.76. The van der Waals surface area contributed by atoms with Crippen LogP contribution in [0.1, 0.15) is 35.6 Å². The Bertz CT molecular complexity index is 1560. The van der Waals surface area contributed by atoms with Crippen LogP contribution in [0.3, 0.4) is 0 Å². The predicted octanol–water partition coefficient (Wildman–Crippen LogP) is 4.19. The van der Waals surface area contributed by atoms with E-state index < -0.39 is 24.8 Å². The number of carbonyl (C=O) groups excluding carboxylic acids is 1. The number of ether oxygens (including phenoxy) is 2. The molecule has 0 spiro atoms. The second kappa shape index (κ2) is 9.46. The molecule has 0 bridgehead atoms. The second-order valence-corrected chi connectivity index (χ2v) is 23.7. The number of aryl methyl sites for hydroxylation is 1. The number of hydrogen-bond acceptors (Lipinski definition) is 7. The zero-order chi connectivity index (χ0) is 27.6. The van der Waals surface area contributed by atoms with E-state index in [0.717, 1.165) is 39.4 Å². The molecule has 0 unspecified atom stereocenters. The van der Waals surface area contributed by atoms with Gasteiger partial charge in [0, 0.05) is 0 Å². The molecule has 3 aromatic rings. The van der Waals surface area contributed by atoms with Crippen molar-refractivity contribution in [3.05, 3.63) is 56.9 Å². The van der Waals surface area contributed by atoms with E-state index in [0.29, 0.717) is 34.3 Å². The Morgan fingerprint density at radius 3 is 2.63 bits per heavy atom. The average Bonchev–Trinajstić information content (AvgIpc) is 3.22. The molecular formula is C28H33GeN3O5S. The van der Waals surface area contributed by atoms with Gasteiger partial charge >= 0.3 is 231 Å². The number of rotatable bonds is 5. The minimum absolute atomic E-state index is 0.112. The van der Waals surface area contributed by atoms with Gasteiger partial charge in [-0.25, -0.2) is 0 Å². The normalized spacial score (nSPS) is 18.0. The zero-order valence-electron chi connectivity index (χ0n) is 22.7. The van der Waals surface area contributed by atoms with Crippen molar-refractivity contribution in [1.82, 2.24) is 14.5 Å². The maximum absolute atomic E-state index is 13.6. The maximum atomic E-state index is 13.6. The average molecular weight is 596 g/mol. The summed E-state index contributed by atoms with van der Waals surface area (Å²) in [6.45, 7) is 1.95. The number of aromatic nitrogens is 2. The standard InChI is InChI=1S/C28H33GeN3O5S/c1-7-28(35)21-13-23-24-19(14-32(23)25(33)20(21)15-36-26(28)34)17(10-11-29(2,3)4)18-12-16(8-9-22(18)30-24)37-27(38)31(5)6/h8-9,12-13,35H,7,10-11,14-15H2,1-6H3/t28-/m0/s1. The van der Waals surface area contributed by atoms with E-state index in [1.807, 2.05) is 32.3 Å². The number of fused-ring (bicyclic) bond motifs is 5. The third-order valence-electron chi connectivity index (χ3n) is 7.47. The molecule has 1 N–H and O–H groups in total. The molecule has 0 saturated carbocycles. The Morgan fingerprint density at radius 2 is 1.97 bits per heavy atom. The predicted molar refractivity (Wildman–Crippen MR) is 153 cm³/mol. The van der Waals surface area contributed by atoms with E-state index in [4.69, 9.17) is 26.7 Å². The first-order valence-corrected chi connectivity index (χ1v) is 21.0. The molecule has 0 amide bonds. The molecule has 0 radical (unpaired) electrons. The van der Waals surface area contributed by atoms with Gasteiger partial charge in [0.15, 0.2) is 0 Å². The molecule has 4 heterocycles. The van der Waals surface area contributed by atoms with E-state index in [-0.39, 0.29) is 18.6 Å². The van der Waals surface area contributed by atoms with Crippen LogP contribution in [0, 0.1) is 0 Å². The second-order valence-electron chi connectivity index (χ2n) is 11.5. The summed E-state index contributed by atoms with van der Waals surface area (Å²) in [5, 5.41) is 13.7. The van der Waals surface area contributed by atoms with E-state index >= 15 is 0 Å². The van der Waals surface area contributed by atoms with Gasteiger partial charge in [0.25, 0.3) is 0 Å². The van der Waals surface area contributed by atoms with Gasteiger partial charge in [-0.3, -0.25) is 0 Å². The third-order valence-corrected chi connectivity index (χ3v) is 11.6. The Labute approximate surface area is 229 Å². The molecule has 0 fully saturated rings. The summed E-state index contributed by atoms with van der Waals surface area (Å²) in [4.78, 5) is 32.9. The molecule has 2 aliphatic heterocycles. The van der Waals surface area contributed by atoms with Crippen LogP contribution in [0.25, 0.3) is 22.3 Å². The Balaban J connectivity index is 1.72. The van der Waals surface area contributed by atoms with Crippen molar-refractivity contribution in [1.29, 1.82) is 0 Å². The minimum atomic E-state index is -1.91. The van der Waals surface area contributed by atoms with Gasteiger partial charge in [0.2, 0.25) is 0 Å². The summed E-state index contributed by atoms with van der Waals surface area (Å²) in [6.07, 6.45) is 0.982. The topological polar surface area (TPSA) is 93.9 Å². The molecular weight excluding hydrogens is 563 g/mol. The number of carbonyl (C=O) groups is 1. The van der Waals surface area contributed by atoms with Crippen LogP contribution in [0.2, 0.25) is 22.5 Å². The summed E-state index contributed by atoms with van der Waals surface area (Å²) in [5.41, 5.74) is 2.87. The number of esters is 1. The van der Waals surface area contributed by atoms with Crippen LogP contribution in [-0.2, 0) is 34.7 Å². The van der Waals surface area contributed by atoms with Gasteiger partial charge in [-0.15, -0.1) is 0 Å². The van der Waals surface area contributed by atoms with Gasteiger partial charge in [0.1, 0.15) is 0 Å². The number of pyridine rings is 2. The van der Waals surface area contributed by atoms with E-state index in [1.165, 1.54) is 0 Å². The fourth-order valence-corrected chi connectivity index (χ4v) is 7.38. The van der Waals surface area contributed by atoms with Crippen LogP contribution >= 0.6 is 12.2 Å². The van der Waals surface area contributed by atoms with Gasteiger partial charge in [0.05, 0.1) is 0 Å². The van der Waals surface area contributed by atoms with E-state index in [1.54, 1.807) is 22.5 Å². The number of thiocarbonyl (C=S) groups is 1. The van der Waals surface area contributed by atoms with Gasteiger partial charge in [-0.1, -0.05) is 0 Å². The molecule has 200 valence electrons. The summed E-state index contributed by atoms with van der Waals surface area (Å²) < 4.78 is 12.8. The summed E-state index contributed by atoms with van der Waals surface area (Å²) in [5.74, 6) is 7.10. The Morgan fingerprint density at radius 1 is 1.24 bits per heavy atom. The molecule has 1 aromatic carbocycles. The first-order chi connectivity index (χ1) is 17.8. The van der Waals surface area contributed by atoms with Gasteiger partial charge < -0.3 is 0 Å². The number of cyclic esters (lactones) is 1. The van der Waals surface area contributed by atoms with Crippen LogP contribution in [0.15, 0.2) is 29.1 Å². The number of aliphatic hydroxyl groups is 1. The summed E-state index contributed by atoms with van der Waals surface area (Å²) in [7, 11) is 3.68. The van der Waals surface area contributed by atoms with Crippen molar-refractivity contribution in [2.75, 3.05) is 14.1 Å². The van der Waals surface area contributed by atoms with Crippen molar-refractivity contribution in [2.45, 2.75) is 61.0 Å². The third kappa shape index (κ3) is 4.44. The quantitative estimate of drug-likeness (QED) is 0.209. The first kappa shape index (κ1) is 26.8. The van der Waals surface area contributed by atoms with E-state index in [2.05, 4.69) is 17.3 Å². The van der Waals surface area contributed by atoms with Gasteiger partial charge in [-0.05, 0) is 0 Å². The fourth-order valence-electron chi connectivity index (χ4n) is 5.18. The van der Waals surface area contributed by atoms with Crippen molar-refractivity contribution in [2.24, 2.45) is 0 Å². The molecule has 8 nitrogen and oxygen atoms in total. The monoisotopic (exact) mass is 597 g/mol. The van der Waals surface area contributed by atoms with Crippen molar-refractivity contribution in [3.8, 4) is 17.1 Å². The molecule has 2 aliphatic rings. The van der Waals surface area contributed by atoms with Crippen molar-refractivity contribution in [3.63, 3.8) is 0 Å². The molecule has 0 saturated heterocycles. The zero-order valence-corrected chi connectivity index (χ0v) is 25.6. The van der Waals surface area contributed by atoms with Crippen LogP contribution in [0.4, 0.5) is 0 Å². The first-order valence-electron chi connectivity index (χ1n) is 12.9. The summed E-state index contributed by atoms with van der Waals surface area (Å²) in [6, 6.07) is 7.53. The molecule has 2 aromatic heterocycles. The molecule has 10 heteroatoms. The molecule has 0 aliphatic carbocycles. The SMILES string of the molecule is CC[C@@]1(O)C(=O)OCc2c1cc1n(c2=O)Cc2c-1nc1ccc(OC(=S)N(C)C)cc1c2C[CH2][Ge]([CH3])([CH3])[CH3]. The fraction of sp³-hybridized carbons (Fsp3) is 0.429. The number of hydrogen-bond donors (Lipinski definition) is 1. The molecule has 5 rings (SSSR count). The number of benzene rings is 1. The van der Waals surface area contributed by atoms with Crippen LogP contribution in [0.5, 0.6) is 5.75 Å². The van der Waals surface area contributed by atoms with Gasteiger partial charge in [-0.2, -0.15) is 0 Å². The van der Waals surface area contributed by atoms with Crippen molar-refractivity contribution >= 4 is 47.5 Å². The summed E-state index contributed by atoms with van der Waals surface area (Å²) >= 11 is 3.43. The molecule has 38 heavy (non-hydrogen) atoms.